The first-order chi connectivity index (χ1) is 9.13. The summed E-state index contributed by atoms with van der Waals surface area (Å²) in [6, 6.07) is 7.77. The van der Waals surface area contributed by atoms with E-state index in [4.69, 9.17) is 17.3 Å². The minimum absolute atomic E-state index is 0.717. The number of halogens is 1. The number of nitrogen functional groups attached to an aromatic ring is 1. The number of hydrogen-bond donors (Lipinski definition) is 1. The van der Waals surface area contributed by atoms with Gasteiger partial charge in [-0.15, -0.1) is 0 Å². The summed E-state index contributed by atoms with van der Waals surface area (Å²) in [5.41, 5.74) is 9.36. The van der Waals surface area contributed by atoms with E-state index in [1.807, 2.05) is 31.3 Å². The lowest BCUT2D eigenvalue weighted by Gasteiger charge is -2.04. The Morgan fingerprint density at radius 1 is 1.21 bits per heavy atom. The van der Waals surface area contributed by atoms with Crippen molar-refractivity contribution in [1.29, 1.82) is 0 Å². The summed E-state index contributed by atoms with van der Waals surface area (Å²) in [5.74, 6) is 0.717. The van der Waals surface area contributed by atoms with Gasteiger partial charge in [0.1, 0.15) is 5.82 Å². The summed E-state index contributed by atoms with van der Waals surface area (Å²) in [5, 5.41) is 5.27. The Hall–Kier alpha value is -1.48. The fraction of sp³-hybridized carbons (Fsp3) is 0.400. The molecule has 1 aromatic carbocycles. The van der Waals surface area contributed by atoms with Crippen molar-refractivity contribution in [3.63, 3.8) is 0 Å². The van der Waals surface area contributed by atoms with Gasteiger partial charge in [0.15, 0.2) is 0 Å². The molecule has 1 heterocycles. The fourth-order valence-corrected chi connectivity index (χ4v) is 2.37. The molecule has 4 heteroatoms. The highest BCUT2D eigenvalue weighted by Crippen LogP contribution is 2.31. The van der Waals surface area contributed by atoms with E-state index < -0.39 is 0 Å². The smallest absolute Gasteiger partial charge is 0.129 e. The van der Waals surface area contributed by atoms with Crippen LogP contribution in [-0.2, 0) is 13.5 Å². The lowest BCUT2D eigenvalue weighted by atomic mass is 10.0. The van der Waals surface area contributed by atoms with Gasteiger partial charge >= 0.3 is 0 Å². The molecule has 2 rings (SSSR count). The van der Waals surface area contributed by atoms with E-state index in [2.05, 4.69) is 12.0 Å². The van der Waals surface area contributed by atoms with Crippen LogP contribution in [0.5, 0.6) is 0 Å². The first kappa shape index (κ1) is 13.9. The van der Waals surface area contributed by atoms with E-state index in [1.54, 1.807) is 4.68 Å². The highest BCUT2D eigenvalue weighted by Gasteiger charge is 2.15. The van der Waals surface area contributed by atoms with Crippen LogP contribution >= 0.6 is 11.6 Å². The maximum atomic E-state index is 6.15. The molecule has 2 aromatic rings. The van der Waals surface area contributed by atoms with Gasteiger partial charge in [0.25, 0.3) is 0 Å². The van der Waals surface area contributed by atoms with Gasteiger partial charge in [-0.2, -0.15) is 5.10 Å². The predicted octanol–water partition coefficient (Wildman–Crippen LogP) is 4.06. The zero-order valence-electron chi connectivity index (χ0n) is 11.5. The summed E-state index contributed by atoms with van der Waals surface area (Å²) in [4.78, 5) is 0. The SMILES string of the molecule is CCCCCc1nn(C)c(N)c1-c1ccc(Cl)cc1. The number of unbranched alkanes of at least 4 members (excludes halogenated alkanes) is 2. The van der Waals surface area contributed by atoms with Gasteiger partial charge in [0, 0.05) is 17.6 Å². The quantitative estimate of drug-likeness (QED) is 0.838. The predicted molar refractivity (Wildman–Crippen MR) is 81.3 cm³/mol. The topological polar surface area (TPSA) is 43.8 Å². The minimum atomic E-state index is 0.717. The minimum Gasteiger partial charge on any atom is -0.383 e. The van der Waals surface area contributed by atoms with Crippen molar-refractivity contribution < 1.29 is 0 Å². The van der Waals surface area contributed by atoms with Crippen molar-refractivity contribution in [3.8, 4) is 11.1 Å². The Labute approximate surface area is 119 Å². The molecule has 0 unspecified atom stereocenters. The summed E-state index contributed by atoms with van der Waals surface area (Å²) in [7, 11) is 1.89. The normalized spacial score (nSPS) is 10.9. The first-order valence-electron chi connectivity index (χ1n) is 6.70. The molecule has 0 spiro atoms. The number of anilines is 1. The third-order valence-electron chi connectivity index (χ3n) is 3.31. The third kappa shape index (κ3) is 3.10. The maximum Gasteiger partial charge on any atom is 0.129 e. The highest BCUT2D eigenvalue weighted by molar-refractivity contribution is 6.30. The van der Waals surface area contributed by atoms with E-state index in [0.717, 1.165) is 34.7 Å². The Balaban J connectivity index is 2.34. The van der Waals surface area contributed by atoms with Crippen LogP contribution in [0.4, 0.5) is 5.82 Å². The number of aromatic nitrogens is 2. The van der Waals surface area contributed by atoms with Crippen LogP contribution < -0.4 is 5.73 Å². The average molecular weight is 278 g/mol. The molecule has 0 aliphatic carbocycles. The third-order valence-corrected chi connectivity index (χ3v) is 3.57. The second-order valence-corrected chi connectivity index (χ2v) is 5.23. The number of hydrogen-bond acceptors (Lipinski definition) is 2. The molecule has 19 heavy (non-hydrogen) atoms. The molecule has 1 aromatic heterocycles. The van der Waals surface area contributed by atoms with Gasteiger partial charge in [0.2, 0.25) is 0 Å². The van der Waals surface area contributed by atoms with Crippen LogP contribution in [0.1, 0.15) is 31.9 Å². The number of aryl methyl sites for hydroxylation is 2. The van der Waals surface area contributed by atoms with Crippen LogP contribution in [0.25, 0.3) is 11.1 Å². The van der Waals surface area contributed by atoms with Gasteiger partial charge in [-0.05, 0) is 30.5 Å². The largest absolute Gasteiger partial charge is 0.383 e. The monoisotopic (exact) mass is 277 g/mol. The Bertz CT molecular complexity index is 543. The van der Waals surface area contributed by atoms with Gasteiger partial charge in [-0.3, -0.25) is 4.68 Å². The van der Waals surface area contributed by atoms with Crippen molar-refractivity contribution in [2.75, 3.05) is 5.73 Å². The molecule has 0 amide bonds. The molecule has 0 saturated heterocycles. The average Bonchev–Trinajstić information content (AvgIpc) is 2.67. The first-order valence-corrected chi connectivity index (χ1v) is 7.08. The zero-order chi connectivity index (χ0) is 13.8. The van der Waals surface area contributed by atoms with E-state index in [-0.39, 0.29) is 0 Å². The number of benzene rings is 1. The maximum absolute atomic E-state index is 6.15. The molecular weight excluding hydrogens is 258 g/mol. The molecule has 0 radical (unpaired) electrons. The number of rotatable bonds is 5. The van der Waals surface area contributed by atoms with Crippen molar-refractivity contribution in [2.45, 2.75) is 32.6 Å². The molecule has 2 N–H and O–H groups in total. The standard InChI is InChI=1S/C15H20ClN3/c1-3-4-5-6-13-14(15(17)19(2)18-13)11-7-9-12(16)10-8-11/h7-10H,3-6,17H2,1-2H3. The second-order valence-electron chi connectivity index (χ2n) is 4.79. The van der Waals surface area contributed by atoms with E-state index in [1.165, 1.54) is 12.8 Å². The van der Waals surface area contributed by atoms with Crippen molar-refractivity contribution in [3.05, 3.63) is 35.0 Å². The van der Waals surface area contributed by atoms with Crippen LogP contribution in [0, 0.1) is 0 Å². The molecule has 0 fully saturated rings. The van der Waals surface area contributed by atoms with Crippen LogP contribution in [0.2, 0.25) is 5.02 Å². The second kappa shape index (κ2) is 6.11. The van der Waals surface area contributed by atoms with Gasteiger partial charge in [0.05, 0.1) is 5.69 Å². The number of nitrogens with two attached hydrogens (primary N) is 1. The van der Waals surface area contributed by atoms with Gasteiger partial charge in [-0.1, -0.05) is 43.5 Å². The van der Waals surface area contributed by atoms with Crippen molar-refractivity contribution in [2.24, 2.45) is 7.05 Å². The molecule has 0 aliphatic rings. The zero-order valence-corrected chi connectivity index (χ0v) is 12.2. The van der Waals surface area contributed by atoms with Crippen LogP contribution in [0.3, 0.4) is 0 Å². The van der Waals surface area contributed by atoms with Crippen LogP contribution in [0.15, 0.2) is 24.3 Å². The molecule has 3 nitrogen and oxygen atoms in total. The lowest BCUT2D eigenvalue weighted by Crippen LogP contribution is -1.98. The van der Waals surface area contributed by atoms with E-state index in [0.29, 0.717) is 5.82 Å². The Morgan fingerprint density at radius 2 is 1.89 bits per heavy atom. The van der Waals surface area contributed by atoms with Crippen molar-refractivity contribution in [1.82, 2.24) is 9.78 Å². The van der Waals surface area contributed by atoms with E-state index in [9.17, 15) is 0 Å². The highest BCUT2D eigenvalue weighted by atomic mass is 35.5. The molecule has 0 bridgehead atoms. The molecular formula is C15H20ClN3. The van der Waals surface area contributed by atoms with Crippen LogP contribution in [-0.4, -0.2) is 9.78 Å². The molecule has 0 aliphatic heterocycles. The molecule has 0 atom stereocenters. The van der Waals surface area contributed by atoms with Gasteiger partial charge < -0.3 is 5.73 Å². The van der Waals surface area contributed by atoms with Crippen molar-refractivity contribution >= 4 is 17.4 Å². The summed E-state index contributed by atoms with van der Waals surface area (Å²) in [6.07, 6.45) is 4.54. The summed E-state index contributed by atoms with van der Waals surface area (Å²) < 4.78 is 1.76. The lowest BCUT2D eigenvalue weighted by molar-refractivity contribution is 0.685. The summed E-state index contributed by atoms with van der Waals surface area (Å²) in [6.45, 7) is 2.20. The molecule has 0 saturated carbocycles. The Morgan fingerprint density at radius 3 is 2.53 bits per heavy atom. The molecule has 102 valence electrons. The fourth-order valence-electron chi connectivity index (χ4n) is 2.24. The number of nitrogens with zero attached hydrogens (tertiary/aromatic N) is 2. The Kier molecular flexibility index (Phi) is 4.48. The summed E-state index contributed by atoms with van der Waals surface area (Å²) >= 11 is 5.93. The van der Waals surface area contributed by atoms with E-state index >= 15 is 0 Å². The van der Waals surface area contributed by atoms with Gasteiger partial charge in [-0.25, -0.2) is 0 Å².